The van der Waals surface area contributed by atoms with Crippen molar-refractivity contribution >= 4 is 87.0 Å². The maximum absolute atomic E-state index is 9.61. The van der Waals surface area contributed by atoms with Crippen LogP contribution in [-0.2, 0) is 0 Å². The van der Waals surface area contributed by atoms with Crippen LogP contribution in [0.4, 0.5) is 0 Å². The molecule has 3 heterocycles. The van der Waals surface area contributed by atoms with Gasteiger partial charge in [-0.2, -0.15) is 5.26 Å². The zero-order chi connectivity index (χ0) is 36.9. The van der Waals surface area contributed by atoms with E-state index in [0.29, 0.717) is 11.4 Å². The molecule has 0 saturated carbocycles. The number of furan rings is 2. The minimum Gasteiger partial charge on any atom is -0.455 e. The summed E-state index contributed by atoms with van der Waals surface area (Å²) in [5, 5.41) is 22.9. The molecule has 5 heteroatoms. The Morgan fingerprint density at radius 1 is 0.411 bits per heavy atom. The van der Waals surface area contributed by atoms with Gasteiger partial charge in [-0.15, -0.1) is 0 Å². The predicted octanol–water partition coefficient (Wildman–Crippen LogP) is 13.8. The normalized spacial score (nSPS) is 11.9. The zero-order valence-corrected chi connectivity index (χ0v) is 29.7. The SMILES string of the molecule is N#Cc1ccc(-c2nc(-c3cc4ccccc4c4c3oc3ccc5ccccc5c34)cc(-c3cc4ccccc4c4c3oc3ccc5ccccc5c34)n2)cc1. The number of benzene rings is 9. The van der Waals surface area contributed by atoms with Gasteiger partial charge in [0.1, 0.15) is 22.3 Å². The number of nitrogens with zero attached hydrogens (tertiary/aromatic N) is 3. The molecule has 5 nitrogen and oxygen atoms in total. The predicted molar refractivity (Wildman–Crippen MR) is 228 cm³/mol. The Balaban J connectivity index is 1.21. The minimum atomic E-state index is 0.535. The van der Waals surface area contributed by atoms with Crippen LogP contribution in [0.2, 0.25) is 0 Å². The summed E-state index contributed by atoms with van der Waals surface area (Å²) in [6.07, 6.45) is 0. The lowest BCUT2D eigenvalue weighted by Gasteiger charge is -2.12. The van der Waals surface area contributed by atoms with Gasteiger partial charge in [0.15, 0.2) is 5.82 Å². The van der Waals surface area contributed by atoms with Crippen LogP contribution < -0.4 is 0 Å². The van der Waals surface area contributed by atoms with Crippen LogP contribution in [0.25, 0.3) is 121 Å². The summed E-state index contributed by atoms with van der Waals surface area (Å²) in [4.78, 5) is 10.6. The first-order valence-corrected chi connectivity index (χ1v) is 18.6. The van der Waals surface area contributed by atoms with Crippen LogP contribution in [0.3, 0.4) is 0 Å². The van der Waals surface area contributed by atoms with Crippen molar-refractivity contribution in [2.75, 3.05) is 0 Å². The van der Waals surface area contributed by atoms with Gasteiger partial charge in [0, 0.05) is 38.2 Å². The third kappa shape index (κ3) is 4.41. The molecule has 0 saturated heterocycles. The summed E-state index contributed by atoms with van der Waals surface area (Å²) in [5.74, 6) is 0.535. The Kier molecular flexibility index (Phi) is 6.34. The Labute approximate surface area is 319 Å². The van der Waals surface area contributed by atoms with Crippen molar-refractivity contribution < 1.29 is 8.83 Å². The third-order valence-corrected chi connectivity index (χ3v) is 11.3. The van der Waals surface area contributed by atoms with Crippen molar-refractivity contribution in [2.45, 2.75) is 0 Å². The second-order valence-corrected chi connectivity index (χ2v) is 14.4. The molecular weight excluding hydrogens is 687 g/mol. The maximum atomic E-state index is 9.61. The quantitative estimate of drug-likeness (QED) is 0.182. The van der Waals surface area contributed by atoms with Crippen molar-refractivity contribution in [1.29, 1.82) is 5.26 Å². The molecule has 0 aliphatic heterocycles. The Bertz CT molecular complexity index is 3450. The van der Waals surface area contributed by atoms with Crippen LogP contribution in [0.1, 0.15) is 5.56 Å². The van der Waals surface area contributed by atoms with E-state index in [4.69, 9.17) is 18.8 Å². The number of nitriles is 1. The van der Waals surface area contributed by atoms with Crippen LogP contribution in [0.15, 0.2) is 173 Å². The lowest BCUT2D eigenvalue weighted by molar-refractivity contribution is 0.670. The smallest absolute Gasteiger partial charge is 0.160 e. The highest BCUT2D eigenvalue weighted by atomic mass is 16.3. The largest absolute Gasteiger partial charge is 0.455 e. The summed E-state index contributed by atoms with van der Waals surface area (Å²) in [5.41, 5.74) is 7.72. The molecule has 0 atom stereocenters. The van der Waals surface area contributed by atoms with Gasteiger partial charge in [-0.25, -0.2) is 9.97 Å². The molecule has 0 aliphatic rings. The van der Waals surface area contributed by atoms with Crippen molar-refractivity contribution in [3.8, 4) is 40.0 Å². The Morgan fingerprint density at radius 2 is 0.839 bits per heavy atom. The molecule has 0 fully saturated rings. The van der Waals surface area contributed by atoms with Gasteiger partial charge in [0.05, 0.1) is 23.0 Å². The van der Waals surface area contributed by atoms with Crippen molar-refractivity contribution in [3.05, 3.63) is 169 Å². The highest BCUT2D eigenvalue weighted by Gasteiger charge is 2.23. The van der Waals surface area contributed by atoms with Crippen LogP contribution in [0.5, 0.6) is 0 Å². The van der Waals surface area contributed by atoms with E-state index in [1.807, 2.05) is 24.3 Å². The fraction of sp³-hybridized carbons (Fsp3) is 0. The van der Waals surface area contributed by atoms with E-state index in [-0.39, 0.29) is 0 Å². The molecule has 56 heavy (non-hydrogen) atoms. The summed E-state index contributed by atoms with van der Waals surface area (Å²) in [6.45, 7) is 0. The highest BCUT2D eigenvalue weighted by molar-refractivity contribution is 6.30. The lowest BCUT2D eigenvalue weighted by atomic mass is 9.94. The van der Waals surface area contributed by atoms with E-state index < -0.39 is 0 Å². The number of fused-ring (bicyclic) bond motifs is 14. The number of aromatic nitrogens is 2. The molecule has 258 valence electrons. The van der Waals surface area contributed by atoms with Crippen LogP contribution >= 0.6 is 0 Å². The van der Waals surface area contributed by atoms with E-state index in [9.17, 15) is 5.26 Å². The number of hydrogen-bond donors (Lipinski definition) is 0. The molecule has 3 aromatic heterocycles. The zero-order valence-electron chi connectivity index (χ0n) is 29.7. The molecule has 12 rings (SSSR count). The second kappa shape index (κ2) is 11.6. The summed E-state index contributed by atoms with van der Waals surface area (Å²) >= 11 is 0. The van der Waals surface area contributed by atoms with Crippen molar-refractivity contribution in [3.63, 3.8) is 0 Å². The average molecular weight is 714 g/mol. The molecule has 0 amide bonds. The van der Waals surface area contributed by atoms with E-state index >= 15 is 0 Å². The maximum Gasteiger partial charge on any atom is 0.160 e. The first kappa shape index (κ1) is 30.6. The molecule has 0 radical (unpaired) electrons. The second-order valence-electron chi connectivity index (χ2n) is 14.4. The molecule has 12 aromatic rings. The summed E-state index contributed by atoms with van der Waals surface area (Å²) < 4.78 is 13.7. The van der Waals surface area contributed by atoms with E-state index in [2.05, 4.69) is 146 Å². The van der Waals surface area contributed by atoms with Gasteiger partial charge in [-0.1, -0.05) is 109 Å². The van der Waals surface area contributed by atoms with Gasteiger partial charge in [-0.3, -0.25) is 0 Å². The fourth-order valence-electron chi connectivity index (χ4n) is 8.70. The molecule has 9 aromatic carbocycles. The molecular formula is C51H27N3O2. The highest BCUT2D eigenvalue weighted by Crippen LogP contribution is 2.46. The molecule has 0 unspecified atom stereocenters. The topological polar surface area (TPSA) is 75.8 Å². The minimum absolute atomic E-state index is 0.535. The number of hydrogen-bond acceptors (Lipinski definition) is 5. The van der Waals surface area contributed by atoms with Gasteiger partial charge >= 0.3 is 0 Å². The first-order chi connectivity index (χ1) is 27.7. The molecule has 0 N–H and O–H groups in total. The van der Waals surface area contributed by atoms with E-state index in [1.54, 1.807) is 0 Å². The van der Waals surface area contributed by atoms with Crippen LogP contribution in [0, 0.1) is 11.3 Å². The van der Waals surface area contributed by atoms with Gasteiger partial charge in [-0.05, 0) is 97.7 Å². The standard InChI is InChI=1S/C51H27N3O2/c52-28-29-17-19-32(20-18-29)51-53-41(39-25-33-11-3-7-15-37(33)47-45-35-13-5-1-9-30(35)21-23-43(45)55-49(39)47)27-42(54-51)40-26-34-12-4-8-16-38(34)48-46-36-14-6-2-10-31(36)22-24-44(46)56-50(40)48/h1-27H. The fourth-order valence-corrected chi connectivity index (χ4v) is 8.70. The lowest BCUT2D eigenvalue weighted by Crippen LogP contribution is -1.97. The summed E-state index contributed by atoms with van der Waals surface area (Å²) in [7, 11) is 0. The van der Waals surface area contributed by atoms with Crippen molar-refractivity contribution in [2.24, 2.45) is 0 Å². The van der Waals surface area contributed by atoms with E-state index in [0.717, 1.165) is 115 Å². The molecule has 0 bridgehead atoms. The van der Waals surface area contributed by atoms with E-state index in [1.165, 1.54) is 0 Å². The van der Waals surface area contributed by atoms with Gasteiger partial charge in [0.2, 0.25) is 0 Å². The first-order valence-electron chi connectivity index (χ1n) is 18.6. The average Bonchev–Trinajstić information content (AvgIpc) is 3.86. The Hall–Kier alpha value is -7.81. The van der Waals surface area contributed by atoms with Crippen LogP contribution in [-0.4, -0.2) is 9.97 Å². The monoisotopic (exact) mass is 713 g/mol. The summed E-state index contributed by atoms with van der Waals surface area (Å²) in [6, 6.07) is 58.4. The van der Waals surface area contributed by atoms with Gasteiger partial charge < -0.3 is 8.83 Å². The number of rotatable bonds is 3. The Morgan fingerprint density at radius 3 is 1.30 bits per heavy atom. The van der Waals surface area contributed by atoms with Gasteiger partial charge in [0.25, 0.3) is 0 Å². The van der Waals surface area contributed by atoms with Crippen molar-refractivity contribution in [1.82, 2.24) is 9.97 Å². The molecule has 0 spiro atoms. The third-order valence-electron chi connectivity index (χ3n) is 11.3. The molecule has 0 aliphatic carbocycles.